The van der Waals surface area contributed by atoms with Gasteiger partial charge in [0.2, 0.25) is 0 Å². The third-order valence-corrected chi connectivity index (χ3v) is 0.586. The Bertz CT molecular complexity index is 156. The van der Waals surface area contributed by atoms with Gasteiger partial charge in [-0.15, -0.1) is 11.9 Å². The second kappa shape index (κ2) is 3.64. The van der Waals surface area contributed by atoms with Crippen LogP contribution in [0.4, 0.5) is 0 Å². The summed E-state index contributed by atoms with van der Waals surface area (Å²) in [5, 5.41) is 0. The molecule has 0 aliphatic rings. The monoisotopic (exact) mass is 145 g/mol. The summed E-state index contributed by atoms with van der Waals surface area (Å²) in [6.07, 6.45) is 2.93. The summed E-state index contributed by atoms with van der Waals surface area (Å²) in [5.41, 5.74) is 0.639. The molecule has 0 unspecified atom stereocenters. The quantitative estimate of drug-likeness (QED) is 0.499. The van der Waals surface area contributed by atoms with E-state index in [9.17, 15) is 0 Å². The molecule has 8 heavy (non-hydrogen) atoms. The topological polar surface area (TPSA) is 25.8 Å². The van der Waals surface area contributed by atoms with Crippen molar-refractivity contribution in [3.8, 4) is 0 Å². The summed E-state index contributed by atoms with van der Waals surface area (Å²) in [4.78, 5) is 7.39. The first kappa shape index (κ1) is 5.79. The van der Waals surface area contributed by atoms with Crippen molar-refractivity contribution < 1.29 is 19.9 Å². The average Bonchev–Trinajstić information content (AvgIpc) is 1.90. The first-order valence-electron chi connectivity index (χ1n) is 2.60. The first-order chi connectivity index (χ1) is 3.93. The third kappa shape index (κ3) is 2.10. The van der Waals surface area contributed by atoms with Crippen LogP contribution in [0.5, 0.6) is 0 Å². The molecule has 0 spiro atoms. The minimum absolute atomic E-state index is 0. The van der Waals surface area contributed by atoms with Gasteiger partial charge >= 0.3 is 0 Å². The molecule has 0 saturated carbocycles. The fourth-order valence-corrected chi connectivity index (χ4v) is 0.285. The number of hydrogen-bond donors (Lipinski definition) is 0. The Morgan fingerprint density at radius 3 is 3.12 bits per heavy atom. The van der Waals surface area contributed by atoms with Crippen molar-refractivity contribution in [2.24, 2.45) is 0 Å². The third-order valence-electron chi connectivity index (χ3n) is 0.586. The SMILES string of the molecule is [2H]Cc1[c-]cncn1.[V]. The molecule has 1 aromatic heterocycles. The van der Waals surface area contributed by atoms with E-state index in [0.717, 1.165) is 0 Å². The zero-order valence-corrected chi connectivity index (χ0v) is 5.60. The predicted molar refractivity (Wildman–Crippen MR) is 25.6 cm³/mol. The Hall–Kier alpha value is -0.336. The molecule has 1 radical (unpaired) electrons. The Balaban J connectivity index is 0.000000640. The van der Waals surface area contributed by atoms with E-state index in [1.807, 2.05) is 0 Å². The van der Waals surface area contributed by atoms with E-state index < -0.39 is 0 Å². The van der Waals surface area contributed by atoms with E-state index in [4.69, 9.17) is 1.37 Å². The fourth-order valence-electron chi connectivity index (χ4n) is 0.285. The normalized spacial score (nSPS) is 9.25. The van der Waals surface area contributed by atoms with Gasteiger partial charge in [0.05, 0.1) is 0 Å². The maximum Gasteiger partial charge on any atom is 0.108 e. The molecule has 3 heteroatoms. The molecule has 1 heterocycles. The van der Waals surface area contributed by atoms with Gasteiger partial charge in [0.25, 0.3) is 0 Å². The number of aryl methyl sites for hydroxylation is 1. The zero-order chi connectivity index (χ0) is 5.82. The number of rotatable bonds is 0. The van der Waals surface area contributed by atoms with E-state index in [-0.39, 0.29) is 25.5 Å². The van der Waals surface area contributed by atoms with Crippen LogP contribution in [-0.2, 0) is 18.6 Å². The minimum Gasteiger partial charge on any atom is -0.431 e. The number of hydrogen-bond acceptors (Lipinski definition) is 2. The van der Waals surface area contributed by atoms with Gasteiger partial charge in [-0.3, -0.25) is 9.97 Å². The molecule has 0 N–H and O–H groups in total. The van der Waals surface area contributed by atoms with Crippen LogP contribution in [0, 0.1) is 13.0 Å². The van der Waals surface area contributed by atoms with E-state index in [0.29, 0.717) is 5.69 Å². The van der Waals surface area contributed by atoms with Crippen LogP contribution in [-0.4, -0.2) is 9.97 Å². The molecule has 0 aliphatic carbocycles. The summed E-state index contributed by atoms with van der Waals surface area (Å²) in [5.74, 6) is 0. The van der Waals surface area contributed by atoms with E-state index >= 15 is 0 Å². The van der Waals surface area contributed by atoms with E-state index in [2.05, 4.69) is 16.0 Å². The minimum atomic E-state index is 0. The molecule has 0 amide bonds. The molecule has 0 aliphatic heterocycles. The van der Waals surface area contributed by atoms with Gasteiger partial charge in [-0.05, 0) is 0 Å². The molecule has 1 rings (SSSR count). The van der Waals surface area contributed by atoms with Crippen molar-refractivity contribution >= 4 is 0 Å². The van der Waals surface area contributed by atoms with Crippen LogP contribution in [0.15, 0.2) is 12.5 Å². The summed E-state index contributed by atoms with van der Waals surface area (Å²) in [7, 11) is 0. The summed E-state index contributed by atoms with van der Waals surface area (Å²) >= 11 is 0. The zero-order valence-electron chi connectivity index (χ0n) is 5.20. The Kier molecular flexibility index (Phi) is 2.64. The van der Waals surface area contributed by atoms with Crippen molar-refractivity contribution in [1.82, 2.24) is 9.97 Å². The largest absolute Gasteiger partial charge is 0.431 e. The van der Waals surface area contributed by atoms with Crippen LogP contribution in [0.25, 0.3) is 0 Å². The van der Waals surface area contributed by atoms with E-state index in [1.165, 1.54) is 12.5 Å². The first-order valence-corrected chi connectivity index (χ1v) is 1.89. The van der Waals surface area contributed by atoms with Crippen LogP contribution < -0.4 is 0 Å². The molecule has 0 fully saturated rings. The number of nitrogens with zero attached hydrogens (tertiary/aromatic N) is 2. The average molecular weight is 145 g/mol. The standard InChI is InChI=1S/C5H5N2.V/c1-5-2-3-6-4-7-5;/h3-4H,1H3;/q-1;/i1D;. The molecule has 0 aromatic carbocycles. The molecule has 0 saturated heterocycles. The van der Waals surface area contributed by atoms with Gasteiger partial charge in [0, 0.05) is 19.9 Å². The van der Waals surface area contributed by atoms with Crippen molar-refractivity contribution in [1.29, 1.82) is 0 Å². The second-order valence-electron chi connectivity index (χ2n) is 1.11. The molecular weight excluding hydrogens is 139 g/mol. The maximum absolute atomic E-state index is 6.82. The van der Waals surface area contributed by atoms with Crippen molar-refractivity contribution in [3.63, 3.8) is 0 Å². The summed E-state index contributed by atoms with van der Waals surface area (Å²) in [6, 6.07) is 2.71. The molecular formula is C5H5N2V-. The van der Waals surface area contributed by atoms with Crippen molar-refractivity contribution in [2.75, 3.05) is 0 Å². The molecule has 0 atom stereocenters. The Morgan fingerprint density at radius 2 is 2.75 bits per heavy atom. The summed E-state index contributed by atoms with van der Waals surface area (Å²) < 4.78 is 6.82. The van der Waals surface area contributed by atoms with Gasteiger partial charge in [-0.1, -0.05) is 6.90 Å². The van der Waals surface area contributed by atoms with Crippen LogP contribution in [0.3, 0.4) is 0 Å². The molecule has 41 valence electrons. The van der Waals surface area contributed by atoms with Gasteiger partial charge < -0.3 is 6.07 Å². The molecule has 1 aromatic rings. The van der Waals surface area contributed by atoms with Gasteiger partial charge in [0.1, 0.15) is 6.33 Å². The summed E-state index contributed by atoms with van der Waals surface area (Å²) in [6.45, 7) is 0.183. The predicted octanol–water partition coefficient (Wildman–Crippen LogP) is 0.583. The van der Waals surface area contributed by atoms with Crippen molar-refractivity contribution in [3.05, 3.63) is 24.3 Å². The Labute approximate surface area is 61.6 Å². The number of aromatic nitrogens is 2. The smallest absolute Gasteiger partial charge is 0.108 e. The van der Waals surface area contributed by atoms with Crippen molar-refractivity contribution in [2.45, 2.75) is 6.90 Å². The fraction of sp³-hybridized carbons (Fsp3) is 0.200. The van der Waals surface area contributed by atoms with Crippen LogP contribution in [0.2, 0.25) is 0 Å². The van der Waals surface area contributed by atoms with E-state index in [1.54, 1.807) is 0 Å². The van der Waals surface area contributed by atoms with Gasteiger partial charge in [-0.2, -0.15) is 0 Å². The molecule has 0 bridgehead atoms. The molecule has 2 nitrogen and oxygen atoms in total. The van der Waals surface area contributed by atoms with Crippen LogP contribution in [0.1, 0.15) is 7.06 Å². The van der Waals surface area contributed by atoms with Crippen LogP contribution >= 0.6 is 0 Å². The van der Waals surface area contributed by atoms with Gasteiger partial charge in [-0.25, -0.2) is 0 Å². The Morgan fingerprint density at radius 1 is 1.88 bits per heavy atom. The second-order valence-corrected chi connectivity index (χ2v) is 1.11. The maximum atomic E-state index is 6.82. The van der Waals surface area contributed by atoms with Gasteiger partial charge in [0.15, 0.2) is 0 Å².